The van der Waals surface area contributed by atoms with E-state index in [1.807, 2.05) is 0 Å². The SMILES string of the molecule is CN(C)c1ccc(C(c2nnnn2C2CCCC2)N2CCN(Cc3ccccc3)CC2)cc1. The lowest BCUT2D eigenvalue weighted by molar-refractivity contribution is 0.0993. The second-order valence-electron chi connectivity index (χ2n) is 9.61. The highest BCUT2D eigenvalue weighted by Crippen LogP contribution is 2.35. The zero-order valence-electron chi connectivity index (χ0n) is 19.8. The third-order valence-electron chi connectivity index (χ3n) is 7.18. The van der Waals surface area contributed by atoms with Gasteiger partial charge < -0.3 is 4.90 Å². The Balaban J connectivity index is 1.38. The number of rotatable bonds is 7. The van der Waals surface area contributed by atoms with Gasteiger partial charge in [-0.25, -0.2) is 4.68 Å². The van der Waals surface area contributed by atoms with Crippen LogP contribution in [0.25, 0.3) is 0 Å². The molecule has 1 saturated carbocycles. The van der Waals surface area contributed by atoms with Crippen molar-refractivity contribution >= 4 is 5.69 Å². The summed E-state index contributed by atoms with van der Waals surface area (Å²) < 4.78 is 2.13. The van der Waals surface area contributed by atoms with Crippen LogP contribution in [0.2, 0.25) is 0 Å². The fourth-order valence-electron chi connectivity index (χ4n) is 5.29. The van der Waals surface area contributed by atoms with E-state index in [9.17, 15) is 0 Å². The predicted molar refractivity (Wildman–Crippen MR) is 131 cm³/mol. The van der Waals surface area contributed by atoms with Crippen molar-refractivity contribution in [2.24, 2.45) is 0 Å². The van der Waals surface area contributed by atoms with Gasteiger partial charge in [0.15, 0.2) is 5.82 Å². The van der Waals surface area contributed by atoms with Crippen LogP contribution < -0.4 is 4.90 Å². The molecule has 1 unspecified atom stereocenters. The molecule has 1 aliphatic carbocycles. The van der Waals surface area contributed by atoms with E-state index < -0.39 is 0 Å². The van der Waals surface area contributed by atoms with Crippen LogP contribution in [0.5, 0.6) is 0 Å². The second-order valence-corrected chi connectivity index (χ2v) is 9.61. The first-order valence-electron chi connectivity index (χ1n) is 12.2. The molecule has 5 rings (SSSR count). The monoisotopic (exact) mass is 445 g/mol. The topological polar surface area (TPSA) is 53.3 Å². The highest BCUT2D eigenvalue weighted by atomic mass is 15.6. The molecule has 7 nitrogen and oxygen atoms in total. The van der Waals surface area contributed by atoms with Gasteiger partial charge in [-0.3, -0.25) is 9.80 Å². The zero-order valence-corrected chi connectivity index (χ0v) is 19.8. The Morgan fingerprint density at radius 2 is 1.61 bits per heavy atom. The minimum atomic E-state index is 0.0793. The first kappa shape index (κ1) is 22.0. The highest BCUT2D eigenvalue weighted by molar-refractivity contribution is 5.47. The summed E-state index contributed by atoms with van der Waals surface area (Å²) in [7, 11) is 4.16. The Labute approximate surface area is 197 Å². The van der Waals surface area contributed by atoms with Crippen LogP contribution in [-0.2, 0) is 6.54 Å². The largest absolute Gasteiger partial charge is 0.378 e. The Bertz CT molecular complexity index is 1000. The lowest BCUT2D eigenvalue weighted by atomic mass is 10.0. The molecular formula is C26H35N7. The maximum absolute atomic E-state index is 4.59. The summed E-state index contributed by atoms with van der Waals surface area (Å²) in [6, 6.07) is 20.2. The molecule has 1 aromatic heterocycles. The van der Waals surface area contributed by atoms with Crippen LogP contribution in [0.4, 0.5) is 5.69 Å². The number of benzene rings is 2. The number of anilines is 1. The molecule has 0 bridgehead atoms. The molecule has 2 aliphatic rings. The van der Waals surface area contributed by atoms with E-state index in [4.69, 9.17) is 0 Å². The molecule has 7 heteroatoms. The Hall–Kier alpha value is -2.77. The lowest BCUT2D eigenvalue weighted by Gasteiger charge is -2.39. The molecule has 33 heavy (non-hydrogen) atoms. The van der Waals surface area contributed by atoms with Gasteiger partial charge in [-0.05, 0) is 46.5 Å². The maximum Gasteiger partial charge on any atom is 0.173 e. The Morgan fingerprint density at radius 1 is 0.909 bits per heavy atom. The quantitative estimate of drug-likeness (QED) is 0.552. The number of nitrogens with zero attached hydrogens (tertiary/aromatic N) is 7. The molecule has 1 aliphatic heterocycles. The zero-order chi connectivity index (χ0) is 22.6. The first-order chi connectivity index (χ1) is 16.2. The van der Waals surface area contributed by atoms with Crippen LogP contribution in [-0.4, -0.2) is 70.3 Å². The van der Waals surface area contributed by atoms with Gasteiger partial charge in [0.2, 0.25) is 0 Å². The van der Waals surface area contributed by atoms with Crippen LogP contribution in [0, 0.1) is 0 Å². The van der Waals surface area contributed by atoms with E-state index in [2.05, 4.69) is 104 Å². The first-order valence-corrected chi connectivity index (χ1v) is 12.2. The Kier molecular flexibility index (Phi) is 6.69. The number of hydrogen-bond acceptors (Lipinski definition) is 6. The van der Waals surface area contributed by atoms with Crippen molar-refractivity contribution < 1.29 is 0 Å². The van der Waals surface area contributed by atoms with Crippen molar-refractivity contribution in [3.05, 3.63) is 71.5 Å². The van der Waals surface area contributed by atoms with Crippen molar-refractivity contribution in [2.45, 2.75) is 44.3 Å². The molecule has 2 fully saturated rings. The fraction of sp³-hybridized carbons (Fsp3) is 0.500. The standard InChI is InChI=1S/C26H35N7/c1-30(2)23-14-12-22(13-15-23)25(26-27-28-29-33(26)24-10-6-7-11-24)32-18-16-31(17-19-32)20-21-8-4-3-5-9-21/h3-5,8-9,12-15,24-25H,6-7,10-11,16-20H2,1-2H3. The van der Waals surface area contributed by atoms with E-state index in [0.717, 1.165) is 38.5 Å². The van der Waals surface area contributed by atoms with Crippen LogP contribution in [0.3, 0.4) is 0 Å². The normalized spacial score (nSPS) is 19.1. The fourth-order valence-corrected chi connectivity index (χ4v) is 5.29. The van der Waals surface area contributed by atoms with Gasteiger partial charge in [0.05, 0.1) is 12.1 Å². The van der Waals surface area contributed by atoms with Crippen molar-refractivity contribution in [1.82, 2.24) is 30.0 Å². The molecule has 1 atom stereocenters. The van der Waals surface area contributed by atoms with Crippen LogP contribution >= 0.6 is 0 Å². The van der Waals surface area contributed by atoms with Crippen molar-refractivity contribution in [3.63, 3.8) is 0 Å². The van der Waals surface area contributed by atoms with Crippen LogP contribution in [0.1, 0.15) is 54.7 Å². The van der Waals surface area contributed by atoms with Gasteiger partial charge >= 0.3 is 0 Å². The summed E-state index contributed by atoms with van der Waals surface area (Å²) in [4.78, 5) is 7.27. The summed E-state index contributed by atoms with van der Waals surface area (Å²) in [6.45, 7) is 5.12. The van der Waals surface area contributed by atoms with Gasteiger partial charge in [-0.15, -0.1) is 5.10 Å². The minimum Gasteiger partial charge on any atom is -0.378 e. The molecule has 0 N–H and O–H groups in total. The summed E-state index contributed by atoms with van der Waals surface area (Å²) in [5, 5.41) is 13.2. The molecule has 0 radical (unpaired) electrons. The summed E-state index contributed by atoms with van der Waals surface area (Å²) in [6.07, 6.45) is 4.89. The maximum atomic E-state index is 4.59. The van der Waals surface area contributed by atoms with Crippen LogP contribution in [0.15, 0.2) is 54.6 Å². The molecule has 3 aromatic rings. The predicted octanol–water partition coefficient (Wildman–Crippen LogP) is 3.76. The molecule has 1 saturated heterocycles. The molecular weight excluding hydrogens is 410 g/mol. The van der Waals surface area contributed by atoms with E-state index in [1.165, 1.54) is 42.5 Å². The van der Waals surface area contributed by atoms with Gasteiger partial charge in [-0.1, -0.05) is 55.3 Å². The van der Waals surface area contributed by atoms with Crippen molar-refractivity contribution in [1.29, 1.82) is 0 Å². The Morgan fingerprint density at radius 3 is 2.27 bits per heavy atom. The average molecular weight is 446 g/mol. The van der Waals surface area contributed by atoms with E-state index in [0.29, 0.717) is 6.04 Å². The summed E-state index contributed by atoms with van der Waals surface area (Å²) in [5.74, 6) is 0.996. The van der Waals surface area contributed by atoms with Gasteiger partial charge in [-0.2, -0.15) is 0 Å². The van der Waals surface area contributed by atoms with Gasteiger partial charge in [0.1, 0.15) is 0 Å². The second kappa shape index (κ2) is 10.0. The summed E-state index contributed by atoms with van der Waals surface area (Å²) >= 11 is 0. The van der Waals surface area contributed by atoms with Crippen molar-refractivity contribution in [3.8, 4) is 0 Å². The molecule has 174 valence electrons. The summed E-state index contributed by atoms with van der Waals surface area (Å²) in [5.41, 5.74) is 3.86. The minimum absolute atomic E-state index is 0.0793. The van der Waals surface area contributed by atoms with E-state index in [1.54, 1.807) is 0 Å². The van der Waals surface area contributed by atoms with Crippen molar-refractivity contribution in [2.75, 3.05) is 45.2 Å². The average Bonchev–Trinajstić information content (AvgIpc) is 3.54. The third kappa shape index (κ3) is 4.94. The number of aromatic nitrogens is 4. The smallest absolute Gasteiger partial charge is 0.173 e. The van der Waals surface area contributed by atoms with Gasteiger partial charge in [0, 0.05) is 52.5 Å². The molecule has 2 aromatic carbocycles. The van der Waals surface area contributed by atoms with E-state index >= 15 is 0 Å². The number of piperazine rings is 1. The number of hydrogen-bond donors (Lipinski definition) is 0. The highest BCUT2D eigenvalue weighted by Gasteiger charge is 2.33. The molecule has 0 amide bonds. The third-order valence-corrected chi connectivity index (χ3v) is 7.18. The van der Waals surface area contributed by atoms with Gasteiger partial charge in [0.25, 0.3) is 0 Å². The molecule has 2 heterocycles. The lowest BCUT2D eigenvalue weighted by Crippen LogP contribution is -2.48. The molecule has 0 spiro atoms. The van der Waals surface area contributed by atoms with E-state index in [-0.39, 0.29) is 6.04 Å². The number of tetrazole rings is 1.